The van der Waals surface area contributed by atoms with Gasteiger partial charge in [-0.2, -0.15) is 0 Å². The average Bonchev–Trinajstić information content (AvgIpc) is 3.17. The van der Waals surface area contributed by atoms with Crippen molar-refractivity contribution in [2.24, 2.45) is 0 Å². The number of morpholine rings is 1. The number of carbonyl (C=O) groups excluding carboxylic acids is 2. The van der Waals surface area contributed by atoms with Crippen molar-refractivity contribution < 1.29 is 28.6 Å². The Bertz CT molecular complexity index is 815. The number of carbonyl (C=O) groups is 2. The first-order valence-electron chi connectivity index (χ1n) is 9.18. The van der Waals surface area contributed by atoms with Crippen molar-refractivity contribution in [2.75, 3.05) is 53.1 Å². The summed E-state index contributed by atoms with van der Waals surface area (Å²) in [5.74, 6) is -0.478. The van der Waals surface area contributed by atoms with Crippen LogP contribution in [-0.2, 0) is 9.53 Å². The molecule has 3 N–H and O–H groups in total. The molecule has 0 radical (unpaired) electrons. The van der Waals surface area contributed by atoms with Crippen LogP contribution in [0, 0.1) is 0 Å². The van der Waals surface area contributed by atoms with Gasteiger partial charge in [0.2, 0.25) is 5.91 Å². The van der Waals surface area contributed by atoms with Crippen molar-refractivity contribution in [1.29, 1.82) is 0 Å². The van der Waals surface area contributed by atoms with Crippen LogP contribution in [-0.4, -0.2) is 81.0 Å². The van der Waals surface area contributed by atoms with E-state index in [-0.39, 0.29) is 5.76 Å². The number of benzene rings is 1. The second-order valence-electron chi connectivity index (χ2n) is 6.44. The van der Waals surface area contributed by atoms with Crippen molar-refractivity contribution in [1.82, 2.24) is 15.5 Å². The van der Waals surface area contributed by atoms with E-state index in [9.17, 15) is 14.7 Å². The van der Waals surface area contributed by atoms with Gasteiger partial charge in [-0.3, -0.25) is 14.5 Å². The fourth-order valence-electron chi connectivity index (χ4n) is 3.02. The van der Waals surface area contributed by atoms with Gasteiger partial charge in [-0.05, 0) is 12.1 Å². The quantitative estimate of drug-likeness (QED) is 0.580. The fraction of sp³-hybridized carbons (Fsp3) is 0.474. The molecule has 9 heteroatoms. The number of hydrogen-bond donors (Lipinski definition) is 3. The van der Waals surface area contributed by atoms with E-state index in [0.717, 1.165) is 13.1 Å². The summed E-state index contributed by atoms with van der Waals surface area (Å²) in [6, 6.07) is 5.81. The monoisotopic (exact) mass is 391 g/mol. The minimum absolute atomic E-state index is 0.0408. The highest BCUT2D eigenvalue weighted by atomic mass is 16.5. The van der Waals surface area contributed by atoms with Gasteiger partial charge in [0, 0.05) is 31.6 Å². The van der Waals surface area contributed by atoms with Crippen LogP contribution in [0.15, 0.2) is 28.7 Å². The average molecular weight is 391 g/mol. The van der Waals surface area contributed by atoms with E-state index in [1.54, 1.807) is 24.3 Å². The van der Waals surface area contributed by atoms with Crippen LogP contribution in [0.25, 0.3) is 11.0 Å². The zero-order valence-corrected chi connectivity index (χ0v) is 15.8. The predicted octanol–water partition coefficient (Wildman–Crippen LogP) is -0.0195. The molecule has 28 heavy (non-hydrogen) atoms. The molecular weight excluding hydrogens is 366 g/mol. The van der Waals surface area contributed by atoms with Crippen molar-refractivity contribution in [3.63, 3.8) is 0 Å². The maximum absolute atomic E-state index is 12.4. The first-order valence-corrected chi connectivity index (χ1v) is 9.18. The normalized spacial score (nSPS) is 15.9. The molecule has 0 saturated carbocycles. The molecule has 2 amide bonds. The summed E-state index contributed by atoms with van der Waals surface area (Å²) in [6.45, 7) is 3.62. The summed E-state index contributed by atoms with van der Waals surface area (Å²) in [7, 11) is 1.51. The Hall–Kier alpha value is -2.62. The van der Waals surface area contributed by atoms with Gasteiger partial charge in [-0.25, -0.2) is 0 Å². The molecule has 2 heterocycles. The van der Waals surface area contributed by atoms with Gasteiger partial charge < -0.3 is 29.6 Å². The molecule has 152 valence electrons. The van der Waals surface area contributed by atoms with Crippen LogP contribution >= 0.6 is 0 Å². The molecule has 1 aliphatic rings. The van der Waals surface area contributed by atoms with Crippen molar-refractivity contribution in [3.8, 4) is 5.75 Å². The molecule has 1 aromatic carbocycles. The Morgan fingerprint density at radius 1 is 1.32 bits per heavy atom. The number of para-hydroxylation sites is 1. The van der Waals surface area contributed by atoms with Gasteiger partial charge in [-0.15, -0.1) is 0 Å². The number of aliphatic hydroxyl groups is 1. The lowest BCUT2D eigenvalue weighted by atomic mass is 10.2. The molecule has 0 spiro atoms. The van der Waals surface area contributed by atoms with Crippen LogP contribution in [0.2, 0.25) is 0 Å². The smallest absolute Gasteiger partial charge is 0.287 e. The van der Waals surface area contributed by atoms with Gasteiger partial charge >= 0.3 is 0 Å². The van der Waals surface area contributed by atoms with E-state index in [4.69, 9.17) is 13.9 Å². The van der Waals surface area contributed by atoms with Crippen molar-refractivity contribution >= 4 is 22.8 Å². The number of nitrogens with zero attached hydrogens (tertiary/aromatic N) is 1. The minimum atomic E-state index is -1.06. The number of nitrogens with one attached hydrogen (secondary N) is 2. The van der Waals surface area contributed by atoms with E-state index in [1.807, 2.05) is 0 Å². The molecule has 0 bridgehead atoms. The Morgan fingerprint density at radius 2 is 2.11 bits per heavy atom. The number of amides is 2. The van der Waals surface area contributed by atoms with Crippen molar-refractivity contribution in [2.45, 2.75) is 6.04 Å². The molecule has 9 nitrogen and oxygen atoms in total. The summed E-state index contributed by atoms with van der Waals surface area (Å²) < 4.78 is 16.1. The molecule has 2 aromatic rings. The standard InChI is InChI=1S/C19H25N3O6/c1-26-15-4-2-3-13-11-16(28-17(13)15)19(25)21-14(12-23)18(24)20-5-6-22-7-9-27-10-8-22/h2-4,11,14,23H,5-10,12H2,1H3,(H,20,24)(H,21,25)/t14-/m0/s1. The molecule has 3 rings (SSSR count). The van der Waals surface area contributed by atoms with Gasteiger partial charge in [0.1, 0.15) is 6.04 Å². The van der Waals surface area contributed by atoms with Gasteiger partial charge in [0.05, 0.1) is 26.9 Å². The third-order valence-electron chi connectivity index (χ3n) is 4.59. The topological polar surface area (TPSA) is 113 Å². The molecule has 1 aromatic heterocycles. The van der Waals surface area contributed by atoms with E-state index in [2.05, 4.69) is 15.5 Å². The molecule has 0 aliphatic carbocycles. The summed E-state index contributed by atoms with van der Waals surface area (Å²) in [6.07, 6.45) is 0. The highest BCUT2D eigenvalue weighted by molar-refractivity contribution is 5.99. The van der Waals surface area contributed by atoms with Gasteiger partial charge in [0.25, 0.3) is 5.91 Å². The fourth-order valence-corrected chi connectivity index (χ4v) is 3.02. The zero-order chi connectivity index (χ0) is 19.9. The largest absolute Gasteiger partial charge is 0.493 e. The number of rotatable bonds is 8. The Kier molecular flexibility index (Phi) is 6.85. The molecule has 1 aliphatic heterocycles. The van der Waals surface area contributed by atoms with Crippen LogP contribution in [0.5, 0.6) is 5.75 Å². The molecular formula is C19H25N3O6. The van der Waals surface area contributed by atoms with E-state index >= 15 is 0 Å². The first-order chi connectivity index (χ1) is 13.6. The van der Waals surface area contributed by atoms with E-state index < -0.39 is 24.5 Å². The van der Waals surface area contributed by atoms with Gasteiger partial charge in [0.15, 0.2) is 17.1 Å². The predicted molar refractivity (Wildman–Crippen MR) is 101 cm³/mol. The SMILES string of the molecule is COc1cccc2cc(C(=O)N[C@@H](CO)C(=O)NCCN3CCOCC3)oc12. The van der Waals surface area contributed by atoms with E-state index in [1.165, 1.54) is 7.11 Å². The third kappa shape index (κ3) is 4.80. The summed E-state index contributed by atoms with van der Waals surface area (Å²) in [5.41, 5.74) is 0.450. The van der Waals surface area contributed by atoms with Crippen LogP contribution in [0.1, 0.15) is 10.6 Å². The lowest BCUT2D eigenvalue weighted by molar-refractivity contribution is -0.123. The third-order valence-corrected chi connectivity index (χ3v) is 4.59. The van der Waals surface area contributed by atoms with E-state index in [0.29, 0.717) is 43.0 Å². The minimum Gasteiger partial charge on any atom is -0.493 e. The highest BCUT2D eigenvalue weighted by Crippen LogP contribution is 2.28. The Morgan fingerprint density at radius 3 is 2.82 bits per heavy atom. The summed E-state index contributed by atoms with van der Waals surface area (Å²) in [5, 5.41) is 15.5. The number of furan rings is 1. The van der Waals surface area contributed by atoms with Crippen molar-refractivity contribution in [3.05, 3.63) is 30.0 Å². The number of ether oxygens (including phenoxy) is 2. The van der Waals surface area contributed by atoms with Crippen LogP contribution < -0.4 is 15.4 Å². The Labute approximate surface area is 162 Å². The molecule has 0 unspecified atom stereocenters. The molecule has 1 saturated heterocycles. The lowest BCUT2D eigenvalue weighted by Crippen LogP contribution is -2.50. The lowest BCUT2D eigenvalue weighted by Gasteiger charge is -2.26. The second kappa shape index (κ2) is 9.54. The van der Waals surface area contributed by atoms with Gasteiger partial charge in [-0.1, -0.05) is 12.1 Å². The molecule has 1 atom stereocenters. The maximum Gasteiger partial charge on any atom is 0.287 e. The first kappa shape index (κ1) is 20.1. The van der Waals surface area contributed by atoms with Crippen LogP contribution in [0.4, 0.5) is 0 Å². The maximum atomic E-state index is 12.4. The zero-order valence-electron chi connectivity index (χ0n) is 15.8. The highest BCUT2D eigenvalue weighted by Gasteiger charge is 2.23. The summed E-state index contributed by atoms with van der Waals surface area (Å²) in [4.78, 5) is 26.9. The molecule has 1 fully saturated rings. The number of aliphatic hydroxyl groups excluding tert-OH is 1. The number of methoxy groups -OCH3 is 1. The number of hydrogen-bond acceptors (Lipinski definition) is 7. The number of fused-ring (bicyclic) bond motifs is 1. The Balaban J connectivity index is 1.55. The van der Waals surface area contributed by atoms with Crippen LogP contribution in [0.3, 0.4) is 0 Å². The second-order valence-corrected chi connectivity index (χ2v) is 6.44. The summed E-state index contributed by atoms with van der Waals surface area (Å²) >= 11 is 0.